The Morgan fingerprint density at radius 3 is 2.76 bits per heavy atom. The summed E-state index contributed by atoms with van der Waals surface area (Å²) < 4.78 is 1.98. The van der Waals surface area contributed by atoms with Crippen molar-refractivity contribution in [1.29, 1.82) is 0 Å². The van der Waals surface area contributed by atoms with Gasteiger partial charge in [0.05, 0.1) is 16.4 Å². The smallest absolute Gasteiger partial charge is 0.0863 e. The molecule has 2 fully saturated rings. The van der Waals surface area contributed by atoms with Crippen molar-refractivity contribution in [3.8, 4) is 0 Å². The zero-order chi connectivity index (χ0) is 14.8. The molecule has 0 aromatic carbocycles. The molecule has 0 amide bonds. The lowest BCUT2D eigenvalue weighted by Crippen LogP contribution is -2.39. The molecule has 1 aliphatic heterocycles. The minimum Gasteiger partial charge on any atom is -0.316 e. The first-order valence-corrected chi connectivity index (χ1v) is 8.71. The van der Waals surface area contributed by atoms with Gasteiger partial charge in [-0.15, -0.1) is 0 Å². The van der Waals surface area contributed by atoms with Crippen LogP contribution in [0.5, 0.6) is 0 Å². The molecule has 1 saturated carbocycles. The summed E-state index contributed by atoms with van der Waals surface area (Å²) in [5.74, 6) is 0.789. The molecule has 2 aliphatic rings. The Bertz CT molecular complexity index is 475. The third-order valence-corrected chi connectivity index (χ3v) is 5.25. The standard InChI is InChI=1S/C16H27ClN4/c1-3-14-16(17)15(20(2)19-14)11-21(13-6-7-13)10-12-5-4-8-18-9-12/h12-13,18H,3-11H2,1-2H3. The second-order valence-corrected chi connectivity index (χ2v) is 6.94. The first-order chi connectivity index (χ1) is 10.2. The van der Waals surface area contributed by atoms with Crippen LogP contribution in [0.15, 0.2) is 0 Å². The summed E-state index contributed by atoms with van der Waals surface area (Å²) in [4.78, 5) is 2.64. The van der Waals surface area contributed by atoms with Crippen molar-refractivity contribution in [2.75, 3.05) is 19.6 Å². The SMILES string of the molecule is CCc1nn(C)c(CN(CC2CCCNC2)C2CC2)c1Cl. The first-order valence-electron chi connectivity index (χ1n) is 8.34. The van der Waals surface area contributed by atoms with Gasteiger partial charge in [0, 0.05) is 26.2 Å². The number of aryl methyl sites for hydroxylation is 2. The summed E-state index contributed by atoms with van der Waals surface area (Å²) in [6.45, 7) is 6.62. The van der Waals surface area contributed by atoms with Crippen molar-refractivity contribution in [2.45, 2.75) is 51.6 Å². The number of rotatable bonds is 6. The van der Waals surface area contributed by atoms with Crippen LogP contribution in [0.25, 0.3) is 0 Å². The number of nitrogens with zero attached hydrogens (tertiary/aromatic N) is 3. The summed E-state index contributed by atoms with van der Waals surface area (Å²) in [6.07, 6.45) is 6.26. The average Bonchev–Trinajstić information content (AvgIpc) is 3.30. The van der Waals surface area contributed by atoms with Gasteiger partial charge >= 0.3 is 0 Å². The molecule has 1 unspecified atom stereocenters. The number of hydrogen-bond donors (Lipinski definition) is 1. The van der Waals surface area contributed by atoms with Gasteiger partial charge in [-0.05, 0) is 51.1 Å². The van der Waals surface area contributed by atoms with Gasteiger partial charge in [-0.1, -0.05) is 18.5 Å². The van der Waals surface area contributed by atoms with Crippen LogP contribution in [0.1, 0.15) is 44.0 Å². The molecule has 1 saturated heterocycles. The van der Waals surface area contributed by atoms with E-state index in [9.17, 15) is 0 Å². The lowest BCUT2D eigenvalue weighted by molar-refractivity contribution is 0.189. The predicted molar refractivity (Wildman–Crippen MR) is 86.6 cm³/mol. The Morgan fingerprint density at radius 2 is 2.19 bits per heavy atom. The van der Waals surface area contributed by atoms with Crippen LogP contribution in [0.3, 0.4) is 0 Å². The molecule has 1 N–H and O–H groups in total. The molecule has 3 rings (SSSR count). The summed E-state index contributed by atoms with van der Waals surface area (Å²) in [6, 6.07) is 0.767. The van der Waals surface area contributed by atoms with E-state index < -0.39 is 0 Å². The fraction of sp³-hybridized carbons (Fsp3) is 0.812. The van der Waals surface area contributed by atoms with Crippen molar-refractivity contribution in [2.24, 2.45) is 13.0 Å². The Kier molecular flexibility index (Phi) is 4.87. The third-order valence-electron chi connectivity index (χ3n) is 4.81. The molecule has 0 bridgehead atoms. The van der Waals surface area contributed by atoms with Crippen LogP contribution in [0.4, 0.5) is 0 Å². The van der Waals surface area contributed by atoms with Gasteiger partial charge in [0.15, 0.2) is 0 Å². The van der Waals surface area contributed by atoms with Crippen molar-refractivity contribution in [3.05, 3.63) is 16.4 Å². The van der Waals surface area contributed by atoms with Gasteiger partial charge in [0.1, 0.15) is 0 Å². The second-order valence-electron chi connectivity index (χ2n) is 6.56. The van der Waals surface area contributed by atoms with E-state index >= 15 is 0 Å². The van der Waals surface area contributed by atoms with Crippen LogP contribution in [0, 0.1) is 5.92 Å². The lowest BCUT2D eigenvalue weighted by atomic mass is 9.99. The first kappa shape index (κ1) is 15.3. The van der Waals surface area contributed by atoms with Gasteiger partial charge in [0.25, 0.3) is 0 Å². The fourth-order valence-electron chi connectivity index (χ4n) is 3.38. The molecule has 0 radical (unpaired) electrons. The number of nitrogens with one attached hydrogen (secondary N) is 1. The monoisotopic (exact) mass is 310 g/mol. The van der Waals surface area contributed by atoms with E-state index in [1.54, 1.807) is 0 Å². The van der Waals surface area contributed by atoms with Crippen LogP contribution < -0.4 is 5.32 Å². The largest absolute Gasteiger partial charge is 0.316 e. The summed E-state index contributed by atoms with van der Waals surface area (Å²) in [5.41, 5.74) is 2.22. The molecule has 5 heteroatoms. The highest BCUT2D eigenvalue weighted by molar-refractivity contribution is 6.31. The van der Waals surface area contributed by atoms with Gasteiger partial charge in [-0.3, -0.25) is 9.58 Å². The molecule has 0 spiro atoms. The molecule has 1 aromatic heterocycles. The highest BCUT2D eigenvalue weighted by Crippen LogP contribution is 2.32. The van der Waals surface area contributed by atoms with Gasteiger partial charge < -0.3 is 5.32 Å². The lowest BCUT2D eigenvalue weighted by Gasteiger charge is -2.30. The zero-order valence-electron chi connectivity index (χ0n) is 13.2. The van der Waals surface area contributed by atoms with Gasteiger partial charge in [0.2, 0.25) is 0 Å². The van der Waals surface area contributed by atoms with Gasteiger partial charge in [-0.2, -0.15) is 5.10 Å². The van der Waals surface area contributed by atoms with E-state index in [0.29, 0.717) is 0 Å². The second kappa shape index (κ2) is 6.67. The van der Waals surface area contributed by atoms with Crippen molar-refractivity contribution in [3.63, 3.8) is 0 Å². The molecule has 118 valence electrons. The summed E-state index contributed by atoms with van der Waals surface area (Å²) >= 11 is 6.52. The van der Waals surface area contributed by atoms with Crippen molar-refractivity contribution >= 4 is 11.6 Å². The topological polar surface area (TPSA) is 33.1 Å². The zero-order valence-corrected chi connectivity index (χ0v) is 14.0. The van der Waals surface area contributed by atoms with Crippen LogP contribution in [0.2, 0.25) is 5.02 Å². The van der Waals surface area contributed by atoms with Crippen molar-refractivity contribution in [1.82, 2.24) is 20.0 Å². The molecular formula is C16H27ClN4. The van der Waals surface area contributed by atoms with Crippen molar-refractivity contribution < 1.29 is 0 Å². The predicted octanol–water partition coefficient (Wildman–Crippen LogP) is 2.60. The van der Waals surface area contributed by atoms with E-state index in [2.05, 4.69) is 22.2 Å². The maximum Gasteiger partial charge on any atom is 0.0863 e. The van der Waals surface area contributed by atoms with E-state index in [-0.39, 0.29) is 0 Å². The van der Waals surface area contributed by atoms with E-state index in [1.807, 2.05) is 11.7 Å². The number of aromatic nitrogens is 2. The van der Waals surface area contributed by atoms with Crippen LogP contribution in [-0.4, -0.2) is 40.4 Å². The quantitative estimate of drug-likeness (QED) is 0.877. The van der Waals surface area contributed by atoms with Crippen LogP contribution >= 0.6 is 11.6 Å². The Morgan fingerprint density at radius 1 is 1.38 bits per heavy atom. The van der Waals surface area contributed by atoms with E-state index in [1.165, 1.54) is 51.0 Å². The number of halogens is 1. The Labute approximate surface area is 132 Å². The normalized spacial score (nSPS) is 23.0. The summed E-state index contributed by atoms with van der Waals surface area (Å²) in [5, 5.41) is 8.96. The Hall–Kier alpha value is -0.580. The Balaban J connectivity index is 1.68. The highest BCUT2D eigenvalue weighted by atomic mass is 35.5. The number of piperidine rings is 1. The van der Waals surface area contributed by atoms with E-state index in [4.69, 9.17) is 11.6 Å². The van der Waals surface area contributed by atoms with Crippen LogP contribution in [-0.2, 0) is 20.0 Å². The molecule has 21 heavy (non-hydrogen) atoms. The molecule has 1 aromatic rings. The number of hydrogen-bond acceptors (Lipinski definition) is 3. The maximum atomic E-state index is 6.52. The molecule has 1 aliphatic carbocycles. The van der Waals surface area contributed by atoms with E-state index in [0.717, 1.165) is 35.6 Å². The maximum absolute atomic E-state index is 6.52. The molecular weight excluding hydrogens is 284 g/mol. The van der Waals surface area contributed by atoms with Gasteiger partial charge in [-0.25, -0.2) is 0 Å². The molecule has 4 nitrogen and oxygen atoms in total. The third kappa shape index (κ3) is 3.61. The fourth-order valence-corrected chi connectivity index (χ4v) is 3.73. The highest BCUT2D eigenvalue weighted by Gasteiger charge is 2.32. The summed E-state index contributed by atoms with van der Waals surface area (Å²) in [7, 11) is 2.02. The molecule has 1 atom stereocenters. The minimum absolute atomic E-state index is 0.767. The minimum atomic E-state index is 0.767. The molecule has 2 heterocycles. The average molecular weight is 311 g/mol.